The lowest BCUT2D eigenvalue weighted by Crippen LogP contribution is -2.12. The fourth-order valence-corrected chi connectivity index (χ4v) is 1.64. The van der Waals surface area contributed by atoms with Crippen molar-refractivity contribution in [2.45, 2.75) is 13.3 Å². The van der Waals surface area contributed by atoms with E-state index in [9.17, 15) is 4.79 Å². The summed E-state index contributed by atoms with van der Waals surface area (Å²) in [5.41, 5.74) is 6.25. The van der Waals surface area contributed by atoms with Gasteiger partial charge >= 0.3 is 5.97 Å². The van der Waals surface area contributed by atoms with Crippen LogP contribution in [-0.2, 0) is 9.53 Å². The van der Waals surface area contributed by atoms with Crippen molar-refractivity contribution in [1.82, 2.24) is 0 Å². The van der Waals surface area contributed by atoms with Crippen LogP contribution < -0.4 is 5.73 Å². The molecule has 0 spiro atoms. The number of rotatable bonds is 6. The first kappa shape index (κ1) is 18.6. The number of amidine groups is 1. The Bertz CT molecular complexity index is 304. The third kappa shape index (κ3) is 9.00. The van der Waals surface area contributed by atoms with Gasteiger partial charge in [-0.15, -0.1) is 23.6 Å². The van der Waals surface area contributed by atoms with Gasteiger partial charge < -0.3 is 10.5 Å². The molecule has 4 nitrogen and oxygen atoms in total. The largest absolute Gasteiger partial charge is 0.466 e. The normalized spacial score (nSPS) is 11.6. The number of halogens is 1. The minimum absolute atomic E-state index is 0. The van der Waals surface area contributed by atoms with Crippen LogP contribution in [-0.4, -0.2) is 30.5 Å². The van der Waals surface area contributed by atoms with Gasteiger partial charge in [-0.25, -0.2) is 4.79 Å². The Labute approximate surface area is 117 Å². The Morgan fingerprint density at radius 2 is 2.24 bits per heavy atom. The molecule has 6 heteroatoms. The monoisotopic (exact) mass is 322 g/mol. The summed E-state index contributed by atoms with van der Waals surface area (Å²) in [5, 5.41) is 0.450. The summed E-state index contributed by atoms with van der Waals surface area (Å²) in [6.45, 7) is 5.99. The third-order valence-electron chi connectivity index (χ3n) is 1.65. The lowest BCUT2D eigenvalue weighted by atomic mass is 10.2. The molecule has 0 aliphatic heterocycles. The van der Waals surface area contributed by atoms with E-state index in [1.54, 1.807) is 6.08 Å². The van der Waals surface area contributed by atoms with E-state index in [1.807, 2.05) is 13.0 Å². The molecule has 98 valence electrons. The molecule has 0 amide bonds. The Kier molecular flexibility index (Phi) is 12.8. The molecule has 0 rings (SSSR count). The second kappa shape index (κ2) is 11.7. The van der Waals surface area contributed by atoms with Crippen LogP contribution in [0.25, 0.3) is 0 Å². The predicted molar refractivity (Wildman–Crippen MR) is 79.9 cm³/mol. The standard InChI is InChI=1S/C11H18N2O2S.BrH/c1-4-6-9(10(14)15-3)8-16-11(12)13-7-5-2;/h5-6H,2,4,7-8H2,1,3H3,(H2,12,13);1H/b9-6+;. The summed E-state index contributed by atoms with van der Waals surface area (Å²) >= 11 is 1.32. The van der Waals surface area contributed by atoms with Crippen LogP contribution in [0.2, 0.25) is 0 Å². The van der Waals surface area contributed by atoms with Crippen molar-refractivity contribution >= 4 is 39.9 Å². The van der Waals surface area contributed by atoms with Crippen molar-refractivity contribution < 1.29 is 9.53 Å². The molecular formula is C11H19BrN2O2S. The SMILES string of the molecule is Br.C=CCN=C(N)SC/C(=C\CC)C(=O)OC. The molecule has 0 aromatic rings. The van der Waals surface area contributed by atoms with E-state index in [0.29, 0.717) is 23.0 Å². The molecule has 17 heavy (non-hydrogen) atoms. The zero-order valence-electron chi connectivity index (χ0n) is 10.1. The van der Waals surface area contributed by atoms with E-state index >= 15 is 0 Å². The lowest BCUT2D eigenvalue weighted by molar-refractivity contribution is -0.136. The molecule has 0 atom stereocenters. The van der Waals surface area contributed by atoms with E-state index in [2.05, 4.69) is 16.3 Å². The lowest BCUT2D eigenvalue weighted by Gasteiger charge is -2.04. The minimum Gasteiger partial charge on any atom is -0.466 e. The molecule has 0 aliphatic rings. The van der Waals surface area contributed by atoms with Crippen molar-refractivity contribution in [3.05, 3.63) is 24.3 Å². The average Bonchev–Trinajstić information content (AvgIpc) is 2.30. The van der Waals surface area contributed by atoms with E-state index in [4.69, 9.17) is 5.73 Å². The first-order valence-corrected chi connectivity index (χ1v) is 5.95. The number of nitrogens with two attached hydrogens (primary N) is 1. The van der Waals surface area contributed by atoms with Crippen LogP contribution in [0.1, 0.15) is 13.3 Å². The van der Waals surface area contributed by atoms with Gasteiger partial charge in [-0.2, -0.15) is 0 Å². The number of hydrogen-bond donors (Lipinski definition) is 1. The predicted octanol–water partition coefficient (Wildman–Crippen LogP) is 2.31. The zero-order valence-corrected chi connectivity index (χ0v) is 12.7. The Hall–Kier alpha value is -0.750. The summed E-state index contributed by atoms with van der Waals surface area (Å²) in [6, 6.07) is 0. The number of carbonyl (C=O) groups excluding carboxylic acids is 1. The van der Waals surface area contributed by atoms with Crippen molar-refractivity contribution in [2.24, 2.45) is 10.7 Å². The molecule has 0 saturated carbocycles. The number of thioether (sulfide) groups is 1. The quantitative estimate of drug-likeness (QED) is 0.268. The number of allylic oxidation sites excluding steroid dienone is 1. The molecule has 2 N–H and O–H groups in total. The fourth-order valence-electron chi connectivity index (χ4n) is 0.931. The van der Waals surface area contributed by atoms with Crippen molar-refractivity contribution in [1.29, 1.82) is 0 Å². The molecular weight excluding hydrogens is 304 g/mol. The van der Waals surface area contributed by atoms with Gasteiger partial charge in [0.25, 0.3) is 0 Å². The molecule has 0 radical (unpaired) electrons. The van der Waals surface area contributed by atoms with Gasteiger partial charge in [0.05, 0.1) is 13.7 Å². The van der Waals surface area contributed by atoms with Gasteiger partial charge in [-0.05, 0) is 6.42 Å². The average molecular weight is 323 g/mol. The summed E-state index contributed by atoms with van der Waals surface area (Å²) < 4.78 is 4.66. The number of aliphatic imine (C=N–C) groups is 1. The van der Waals surface area contributed by atoms with Gasteiger partial charge in [0.1, 0.15) is 0 Å². The van der Waals surface area contributed by atoms with Crippen LogP contribution in [0.5, 0.6) is 0 Å². The summed E-state index contributed by atoms with van der Waals surface area (Å²) in [6.07, 6.45) is 4.28. The second-order valence-electron chi connectivity index (χ2n) is 2.89. The minimum atomic E-state index is -0.314. The van der Waals surface area contributed by atoms with Gasteiger partial charge in [0.2, 0.25) is 0 Å². The highest BCUT2D eigenvalue weighted by Gasteiger charge is 2.09. The number of hydrogen-bond acceptors (Lipinski definition) is 4. The highest BCUT2D eigenvalue weighted by molar-refractivity contribution is 8.93. The van der Waals surface area contributed by atoms with Crippen molar-refractivity contribution in [3.8, 4) is 0 Å². The molecule has 0 fully saturated rings. The van der Waals surface area contributed by atoms with Gasteiger partial charge in [0, 0.05) is 11.3 Å². The maximum atomic E-state index is 11.3. The second-order valence-corrected chi connectivity index (χ2v) is 3.88. The summed E-state index contributed by atoms with van der Waals surface area (Å²) in [7, 11) is 1.37. The first-order chi connectivity index (χ1) is 7.65. The van der Waals surface area contributed by atoms with Gasteiger partial charge in [0.15, 0.2) is 5.17 Å². The molecule has 0 heterocycles. The van der Waals surface area contributed by atoms with E-state index in [1.165, 1.54) is 18.9 Å². The molecule has 0 bridgehead atoms. The van der Waals surface area contributed by atoms with E-state index in [-0.39, 0.29) is 23.0 Å². The summed E-state index contributed by atoms with van der Waals surface area (Å²) in [5.74, 6) is 0.165. The van der Waals surface area contributed by atoms with E-state index in [0.717, 1.165) is 6.42 Å². The maximum Gasteiger partial charge on any atom is 0.334 e. The van der Waals surface area contributed by atoms with Crippen LogP contribution in [0, 0.1) is 0 Å². The Morgan fingerprint density at radius 1 is 1.59 bits per heavy atom. The highest BCUT2D eigenvalue weighted by atomic mass is 79.9. The Balaban J connectivity index is 0. The molecule has 0 unspecified atom stereocenters. The number of carbonyl (C=O) groups is 1. The van der Waals surface area contributed by atoms with Gasteiger partial charge in [-0.1, -0.05) is 30.8 Å². The zero-order chi connectivity index (χ0) is 12.4. The van der Waals surface area contributed by atoms with E-state index < -0.39 is 0 Å². The number of esters is 1. The van der Waals surface area contributed by atoms with Crippen molar-refractivity contribution in [2.75, 3.05) is 19.4 Å². The molecule has 0 aromatic carbocycles. The highest BCUT2D eigenvalue weighted by Crippen LogP contribution is 2.10. The topological polar surface area (TPSA) is 64.7 Å². The molecule has 0 aliphatic carbocycles. The molecule has 0 aromatic heterocycles. The van der Waals surface area contributed by atoms with Crippen LogP contribution in [0.4, 0.5) is 0 Å². The van der Waals surface area contributed by atoms with Crippen LogP contribution >= 0.6 is 28.7 Å². The smallest absolute Gasteiger partial charge is 0.334 e. The number of methoxy groups -OCH3 is 1. The van der Waals surface area contributed by atoms with Gasteiger partial charge in [-0.3, -0.25) is 4.99 Å². The fraction of sp³-hybridized carbons (Fsp3) is 0.455. The first-order valence-electron chi connectivity index (χ1n) is 4.96. The molecule has 0 saturated heterocycles. The van der Waals surface area contributed by atoms with Crippen LogP contribution in [0.15, 0.2) is 29.3 Å². The third-order valence-corrected chi connectivity index (χ3v) is 2.53. The van der Waals surface area contributed by atoms with Crippen molar-refractivity contribution in [3.63, 3.8) is 0 Å². The number of ether oxygens (including phenoxy) is 1. The summed E-state index contributed by atoms with van der Waals surface area (Å²) in [4.78, 5) is 15.3. The Morgan fingerprint density at radius 3 is 2.71 bits per heavy atom. The van der Waals surface area contributed by atoms with Crippen LogP contribution in [0.3, 0.4) is 0 Å². The number of nitrogens with zero attached hydrogens (tertiary/aromatic N) is 1. The maximum absolute atomic E-state index is 11.3.